The highest BCUT2D eigenvalue weighted by molar-refractivity contribution is 5.93. The highest BCUT2D eigenvalue weighted by atomic mass is 19.1. The molecule has 1 atom stereocenters. The topological polar surface area (TPSA) is 64.0 Å². The fourth-order valence-electron chi connectivity index (χ4n) is 2.81. The van der Waals surface area contributed by atoms with Crippen molar-refractivity contribution in [2.75, 3.05) is 5.32 Å². The number of rotatable bonds is 5. The van der Waals surface area contributed by atoms with E-state index in [0.717, 1.165) is 34.0 Å². The second kappa shape index (κ2) is 8.12. The summed E-state index contributed by atoms with van der Waals surface area (Å²) in [6.45, 7) is 3.67. The van der Waals surface area contributed by atoms with Crippen molar-refractivity contribution in [3.63, 3.8) is 0 Å². The first-order valence-corrected chi connectivity index (χ1v) is 8.82. The van der Waals surface area contributed by atoms with Crippen LogP contribution in [0.3, 0.4) is 0 Å². The Morgan fingerprint density at radius 3 is 2.50 bits per heavy atom. The van der Waals surface area contributed by atoms with Crippen LogP contribution >= 0.6 is 0 Å². The van der Waals surface area contributed by atoms with Crippen LogP contribution in [-0.2, 0) is 4.79 Å². The van der Waals surface area contributed by atoms with E-state index in [0.29, 0.717) is 5.69 Å². The molecule has 0 saturated heterocycles. The summed E-state index contributed by atoms with van der Waals surface area (Å²) in [7, 11) is 0. The third-order valence-electron chi connectivity index (χ3n) is 4.34. The predicted molar refractivity (Wildman–Crippen MR) is 103 cm³/mol. The molecule has 5 nitrogen and oxygen atoms in total. The molecule has 0 spiro atoms. The lowest BCUT2D eigenvalue weighted by Gasteiger charge is -2.18. The molecule has 7 heteroatoms. The quantitative estimate of drug-likeness (QED) is 0.722. The van der Waals surface area contributed by atoms with Crippen LogP contribution in [0.5, 0.6) is 0 Å². The van der Waals surface area contributed by atoms with Gasteiger partial charge in [0.25, 0.3) is 5.56 Å². The number of benzene rings is 2. The summed E-state index contributed by atoms with van der Waals surface area (Å²) < 4.78 is 28.3. The molecule has 0 aliphatic rings. The Labute approximate surface area is 160 Å². The Morgan fingerprint density at radius 1 is 1.11 bits per heavy atom. The van der Waals surface area contributed by atoms with Gasteiger partial charge < -0.3 is 5.32 Å². The van der Waals surface area contributed by atoms with Crippen LogP contribution in [0.4, 0.5) is 14.5 Å². The van der Waals surface area contributed by atoms with Gasteiger partial charge in [-0.3, -0.25) is 9.59 Å². The van der Waals surface area contributed by atoms with Gasteiger partial charge in [0.15, 0.2) is 0 Å². The van der Waals surface area contributed by atoms with Gasteiger partial charge >= 0.3 is 0 Å². The Bertz CT molecular complexity index is 1060. The third-order valence-corrected chi connectivity index (χ3v) is 4.34. The van der Waals surface area contributed by atoms with Crippen LogP contribution in [0, 0.1) is 18.6 Å². The lowest BCUT2D eigenvalue weighted by atomic mass is 10.1. The number of nitrogens with zero attached hydrogens (tertiary/aromatic N) is 2. The Morgan fingerprint density at radius 2 is 1.82 bits per heavy atom. The van der Waals surface area contributed by atoms with Gasteiger partial charge in [-0.2, -0.15) is 5.10 Å². The Balaban J connectivity index is 1.94. The van der Waals surface area contributed by atoms with Crippen molar-refractivity contribution in [3.8, 4) is 11.3 Å². The molecule has 2 aromatic carbocycles. The molecule has 144 valence electrons. The molecule has 1 aromatic heterocycles. The molecule has 0 aliphatic carbocycles. The second-order valence-electron chi connectivity index (χ2n) is 6.40. The number of halogens is 2. The maximum atomic E-state index is 13.8. The van der Waals surface area contributed by atoms with Gasteiger partial charge in [0, 0.05) is 17.7 Å². The van der Waals surface area contributed by atoms with Gasteiger partial charge in [-0.05, 0) is 31.5 Å². The van der Waals surface area contributed by atoms with Crippen molar-refractivity contribution >= 4 is 11.6 Å². The van der Waals surface area contributed by atoms with Gasteiger partial charge in [0.2, 0.25) is 5.91 Å². The molecule has 3 rings (SSSR count). The normalized spacial score (nSPS) is 11.9. The Kier molecular flexibility index (Phi) is 5.63. The van der Waals surface area contributed by atoms with E-state index < -0.39 is 29.1 Å². The molecule has 3 aromatic rings. The molecule has 0 unspecified atom stereocenters. The first-order chi connectivity index (χ1) is 13.4. The maximum Gasteiger partial charge on any atom is 0.267 e. The highest BCUT2D eigenvalue weighted by Crippen LogP contribution is 2.20. The van der Waals surface area contributed by atoms with Crippen molar-refractivity contribution in [1.82, 2.24) is 9.78 Å². The average molecular weight is 383 g/mol. The van der Waals surface area contributed by atoms with Crippen LogP contribution in [0.2, 0.25) is 0 Å². The van der Waals surface area contributed by atoms with Crippen LogP contribution < -0.4 is 10.9 Å². The largest absolute Gasteiger partial charge is 0.322 e. The maximum absolute atomic E-state index is 13.8. The van der Waals surface area contributed by atoms with Gasteiger partial charge in [-0.1, -0.05) is 36.8 Å². The number of aryl methyl sites for hydroxylation is 1. The minimum Gasteiger partial charge on any atom is -0.322 e. The van der Waals surface area contributed by atoms with E-state index >= 15 is 0 Å². The van der Waals surface area contributed by atoms with E-state index in [9.17, 15) is 18.4 Å². The number of amides is 1. The third kappa shape index (κ3) is 4.14. The van der Waals surface area contributed by atoms with E-state index in [1.54, 1.807) is 13.0 Å². The van der Waals surface area contributed by atoms with Crippen LogP contribution in [0.15, 0.2) is 59.4 Å². The summed E-state index contributed by atoms with van der Waals surface area (Å²) >= 11 is 0. The molecule has 0 radical (unpaired) electrons. The number of aromatic nitrogens is 2. The zero-order valence-electron chi connectivity index (χ0n) is 15.4. The SMILES string of the molecule is CC[C@@H](C(=O)Nc1cc(F)ccc1F)n1nc(-c2ccc(C)cc2)ccc1=O. The van der Waals surface area contributed by atoms with Gasteiger partial charge in [0.1, 0.15) is 17.7 Å². The first-order valence-electron chi connectivity index (χ1n) is 8.82. The number of carbonyl (C=O) groups is 1. The first kappa shape index (κ1) is 19.4. The zero-order valence-corrected chi connectivity index (χ0v) is 15.4. The lowest BCUT2D eigenvalue weighted by Crippen LogP contribution is -2.34. The minimum absolute atomic E-state index is 0.243. The summed E-state index contributed by atoms with van der Waals surface area (Å²) in [5, 5.41) is 6.66. The van der Waals surface area contributed by atoms with E-state index in [1.165, 1.54) is 6.07 Å². The highest BCUT2D eigenvalue weighted by Gasteiger charge is 2.22. The van der Waals surface area contributed by atoms with Crippen molar-refractivity contribution in [2.45, 2.75) is 26.3 Å². The standard InChI is InChI=1S/C21H19F2N3O2/c1-3-19(21(28)24-18-12-15(22)8-9-16(18)23)26-20(27)11-10-17(25-26)14-6-4-13(2)5-7-14/h4-12,19H,3H2,1-2H3,(H,24,28)/t19-/m0/s1. The van der Waals surface area contributed by atoms with Crippen LogP contribution in [0.1, 0.15) is 24.9 Å². The molecule has 0 aliphatic heterocycles. The molecule has 0 saturated carbocycles. The van der Waals surface area contributed by atoms with Crippen molar-refractivity contribution in [3.05, 3.63) is 82.1 Å². The van der Waals surface area contributed by atoms with Crippen molar-refractivity contribution in [1.29, 1.82) is 0 Å². The number of nitrogens with one attached hydrogen (secondary N) is 1. The number of hydrogen-bond acceptors (Lipinski definition) is 3. The molecule has 1 N–H and O–H groups in total. The lowest BCUT2D eigenvalue weighted by molar-refractivity contribution is -0.119. The van der Waals surface area contributed by atoms with Crippen LogP contribution in [0.25, 0.3) is 11.3 Å². The molecular weight excluding hydrogens is 364 g/mol. The Hall–Kier alpha value is -3.35. The summed E-state index contributed by atoms with van der Waals surface area (Å²) in [6, 6.07) is 12.3. The van der Waals surface area contributed by atoms with Crippen molar-refractivity contribution in [2.24, 2.45) is 0 Å². The number of hydrogen-bond donors (Lipinski definition) is 1. The summed E-state index contributed by atoms with van der Waals surface area (Å²) in [5.41, 5.74) is 1.66. The summed E-state index contributed by atoms with van der Waals surface area (Å²) in [5.74, 6) is -2.10. The molecule has 28 heavy (non-hydrogen) atoms. The van der Waals surface area contributed by atoms with Gasteiger partial charge in [-0.25, -0.2) is 13.5 Å². The van der Waals surface area contributed by atoms with Crippen LogP contribution in [-0.4, -0.2) is 15.7 Å². The average Bonchev–Trinajstić information content (AvgIpc) is 2.67. The summed E-state index contributed by atoms with van der Waals surface area (Å²) in [4.78, 5) is 25.0. The number of anilines is 1. The van der Waals surface area contributed by atoms with Crippen molar-refractivity contribution < 1.29 is 13.6 Å². The number of carbonyl (C=O) groups excluding carboxylic acids is 1. The smallest absolute Gasteiger partial charge is 0.267 e. The second-order valence-corrected chi connectivity index (χ2v) is 6.40. The summed E-state index contributed by atoms with van der Waals surface area (Å²) in [6.07, 6.45) is 0.243. The molecule has 1 amide bonds. The van der Waals surface area contributed by atoms with E-state index in [2.05, 4.69) is 10.4 Å². The fourth-order valence-corrected chi connectivity index (χ4v) is 2.81. The zero-order chi connectivity index (χ0) is 20.3. The van der Waals surface area contributed by atoms with E-state index in [-0.39, 0.29) is 12.1 Å². The monoisotopic (exact) mass is 383 g/mol. The van der Waals surface area contributed by atoms with Gasteiger partial charge in [0.05, 0.1) is 11.4 Å². The molecule has 0 fully saturated rings. The predicted octanol–water partition coefficient (Wildman–Crippen LogP) is 4.09. The van der Waals surface area contributed by atoms with E-state index in [1.807, 2.05) is 31.2 Å². The molecule has 0 bridgehead atoms. The molecule has 1 heterocycles. The minimum atomic E-state index is -0.972. The molecular formula is C21H19F2N3O2. The van der Waals surface area contributed by atoms with E-state index in [4.69, 9.17) is 0 Å². The fraction of sp³-hybridized carbons (Fsp3) is 0.190. The van der Waals surface area contributed by atoms with Gasteiger partial charge in [-0.15, -0.1) is 0 Å².